The number of rotatable bonds is 8. The van der Waals surface area contributed by atoms with E-state index in [1.165, 1.54) is 4.68 Å². The fraction of sp³-hybridized carbons (Fsp3) is 0.667. The van der Waals surface area contributed by atoms with Gasteiger partial charge in [-0.15, -0.1) is 5.10 Å². The number of aliphatic hydroxyl groups excluding tert-OH is 2. The van der Waals surface area contributed by atoms with Crippen molar-refractivity contribution in [2.24, 2.45) is 0 Å². The Bertz CT molecular complexity index is 434. The van der Waals surface area contributed by atoms with Crippen LogP contribution in [0.1, 0.15) is 12.2 Å². The normalized spacial score (nSPS) is 12.1. The zero-order valence-corrected chi connectivity index (χ0v) is 10.1. The van der Waals surface area contributed by atoms with Crippen LogP contribution in [-0.2, 0) is 22.6 Å². The lowest BCUT2D eigenvalue weighted by Crippen LogP contribution is -2.29. The monoisotopic (exact) mass is 273 g/mol. The van der Waals surface area contributed by atoms with Crippen molar-refractivity contribution in [3.05, 3.63) is 5.82 Å². The van der Waals surface area contributed by atoms with Gasteiger partial charge >= 0.3 is 5.97 Å². The van der Waals surface area contributed by atoms with Crippen LogP contribution in [0.3, 0.4) is 0 Å². The molecule has 0 saturated heterocycles. The Morgan fingerprint density at radius 3 is 2.79 bits per heavy atom. The van der Waals surface area contributed by atoms with E-state index in [0.717, 1.165) is 0 Å². The van der Waals surface area contributed by atoms with Gasteiger partial charge < -0.3 is 20.6 Å². The van der Waals surface area contributed by atoms with Gasteiger partial charge in [-0.25, -0.2) is 4.68 Å². The summed E-state index contributed by atoms with van der Waals surface area (Å²) in [6, 6.07) is 0. The fourth-order valence-electron chi connectivity index (χ4n) is 1.26. The van der Waals surface area contributed by atoms with E-state index < -0.39 is 24.6 Å². The molecule has 10 nitrogen and oxygen atoms in total. The summed E-state index contributed by atoms with van der Waals surface area (Å²) in [5.74, 6) is -1.20. The molecule has 0 spiro atoms. The van der Waals surface area contributed by atoms with Crippen molar-refractivity contribution in [2.75, 3.05) is 13.2 Å². The molecule has 1 amide bonds. The lowest BCUT2D eigenvalue weighted by Gasteiger charge is -2.08. The lowest BCUT2D eigenvalue weighted by molar-refractivity contribution is -0.136. The summed E-state index contributed by atoms with van der Waals surface area (Å²) < 4.78 is 1.21. The first-order chi connectivity index (χ1) is 9.02. The SMILES string of the molecule is O=C(O)CCNC(=O)Cc1nnnn1CC(O)CO. The van der Waals surface area contributed by atoms with Crippen molar-refractivity contribution in [3.8, 4) is 0 Å². The fourth-order valence-corrected chi connectivity index (χ4v) is 1.26. The van der Waals surface area contributed by atoms with Gasteiger partial charge in [-0.3, -0.25) is 9.59 Å². The molecular weight excluding hydrogens is 258 g/mol. The van der Waals surface area contributed by atoms with Gasteiger partial charge in [0.25, 0.3) is 0 Å². The summed E-state index contributed by atoms with van der Waals surface area (Å²) in [6.07, 6.45) is -1.32. The number of nitrogens with one attached hydrogen (secondary N) is 1. The van der Waals surface area contributed by atoms with E-state index in [4.69, 9.17) is 10.2 Å². The number of aromatic nitrogens is 4. The van der Waals surface area contributed by atoms with Crippen molar-refractivity contribution in [3.63, 3.8) is 0 Å². The average Bonchev–Trinajstić information content (AvgIpc) is 2.75. The van der Waals surface area contributed by atoms with E-state index >= 15 is 0 Å². The van der Waals surface area contributed by atoms with Crippen molar-refractivity contribution in [1.82, 2.24) is 25.5 Å². The number of hydrogen-bond donors (Lipinski definition) is 4. The zero-order chi connectivity index (χ0) is 14.3. The van der Waals surface area contributed by atoms with Gasteiger partial charge in [0.1, 0.15) is 0 Å². The van der Waals surface area contributed by atoms with Gasteiger partial charge in [0.15, 0.2) is 5.82 Å². The number of aliphatic carboxylic acids is 1. The third-order valence-corrected chi connectivity index (χ3v) is 2.18. The van der Waals surface area contributed by atoms with Crippen molar-refractivity contribution in [1.29, 1.82) is 0 Å². The number of nitrogens with zero attached hydrogens (tertiary/aromatic N) is 4. The molecule has 10 heteroatoms. The number of carboxylic acid groups (broad SMARTS) is 1. The number of tetrazole rings is 1. The van der Waals surface area contributed by atoms with Crippen LogP contribution >= 0.6 is 0 Å². The van der Waals surface area contributed by atoms with Crippen LogP contribution in [0.2, 0.25) is 0 Å². The topological polar surface area (TPSA) is 150 Å². The molecule has 106 valence electrons. The Hall–Kier alpha value is -2.07. The molecular formula is C9H15N5O5. The van der Waals surface area contributed by atoms with Gasteiger partial charge in [-0.05, 0) is 10.4 Å². The molecule has 0 radical (unpaired) electrons. The first-order valence-electron chi connectivity index (χ1n) is 5.55. The summed E-state index contributed by atoms with van der Waals surface area (Å²) in [7, 11) is 0. The van der Waals surface area contributed by atoms with Crippen LogP contribution < -0.4 is 5.32 Å². The quantitative estimate of drug-likeness (QED) is 0.395. The van der Waals surface area contributed by atoms with Crippen molar-refractivity contribution >= 4 is 11.9 Å². The Balaban J connectivity index is 2.46. The first kappa shape index (κ1) is 15.0. The van der Waals surface area contributed by atoms with Crippen LogP contribution in [0.5, 0.6) is 0 Å². The predicted molar refractivity (Wildman–Crippen MR) is 59.9 cm³/mol. The standard InChI is InChI=1S/C9H15N5O5/c15-5-6(16)4-14-7(11-12-13-14)3-8(17)10-2-1-9(18)19/h6,15-16H,1-5H2,(H,10,17)(H,18,19). The number of amides is 1. The highest BCUT2D eigenvalue weighted by Crippen LogP contribution is 1.96. The second-order valence-electron chi connectivity index (χ2n) is 3.78. The Labute approximate surface area is 108 Å². The Morgan fingerprint density at radius 2 is 2.16 bits per heavy atom. The first-order valence-corrected chi connectivity index (χ1v) is 5.55. The van der Waals surface area contributed by atoms with E-state index in [1.54, 1.807) is 0 Å². The predicted octanol–water partition coefficient (Wildman–Crippen LogP) is -2.84. The molecule has 0 aromatic carbocycles. The summed E-state index contributed by atoms with van der Waals surface area (Å²) in [4.78, 5) is 21.7. The smallest absolute Gasteiger partial charge is 0.305 e. The van der Waals surface area contributed by atoms with Gasteiger partial charge in [-0.1, -0.05) is 0 Å². The van der Waals surface area contributed by atoms with Crippen LogP contribution in [-0.4, -0.2) is 66.7 Å². The van der Waals surface area contributed by atoms with E-state index in [-0.39, 0.29) is 31.8 Å². The molecule has 0 aliphatic carbocycles. The molecule has 0 aliphatic rings. The number of aliphatic hydroxyl groups is 2. The number of carbonyl (C=O) groups excluding carboxylic acids is 1. The van der Waals surface area contributed by atoms with Crippen molar-refractivity contribution < 1.29 is 24.9 Å². The molecule has 1 aromatic rings. The number of hydrogen-bond acceptors (Lipinski definition) is 7. The van der Waals surface area contributed by atoms with Crippen molar-refractivity contribution in [2.45, 2.75) is 25.5 Å². The minimum Gasteiger partial charge on any atom is -0.481 e. The third kappa shape index (κ3) is 5.40. The van der Waals surface area contributed by atoms with Gasteiger partial charge in [-0.2, -0.15) is 0 Å². The second kappa shape index (κ2) is 7.38. The lowest BCUT2D eigenvalue weighted by atomic mass is 10.3. The molecule has 1 aromatic heterocycles. The molecule has 1 rings (SSSR count). The molecule has 0 aliphatic heterocycles. The number of carboxylic acids is 1. The maximum Gasteiger partial charge on any atom is 0.305 e. The van der Waals surface area contributed by atoms with Gasteiger partial charge in [0, 0.05) is 6.54 Å². The number of carbonyl (C=O) groups is 2. The minimum absolute atomic E-state index is 0.0228. The van der Waals surface area contributed by atoms with E-state index in [9.17, 15) is 14.7 Å². The molecule has 1 atom stereocenters. The van der Waals surface area contributed by atoms with Crippen LogP contribution in [0.15, 0.2) is 0 Å². The molecule has 4 N–H and O–H groups in total. The van der Waals surface area contributed by atoms with Crippen LogP contribution in [0.4, 0.5) is 0 Å². The molecule has 0 fully saturated rings. The Kier molecular flexibility index (Phi) is 5.82. The highest BCUT2D eigenvalue weighted by molar-refractivity contribution is 5.78. The molecule has 0 bridgehead atoms. The third-order valence-electron chi connectivity index (χ3n) is 2.18. The highest BCUT2D eigenvalue weighted by Gasteiger charge is 2.14. The summed E-state index contributed by atoms with van der Waals surface area (Å²) in [6.45, 7) is -0.444. The maximum absolute atomic E-state index is 11.5. The van der Waals surface area contributed by atoms with E-state index in [2.05, 4.69) is 20.8 Å². The van der Waals surface area contributed by atoms with Crippen LogP contribution in [0.25, 0.3) is 0 Å². The zero-order valence-electron chi connectivity index (χ0n) is 10.1. The second-order valence-corrected chi connectivity index (χ2v) is 3.78. The minimum atomic E-state index is -1.02. The molecule has 1 unspecified atom stereocenters. The largest absolute Gasteiger partial charge is 0.481 e. The van der Waals surface area contributed by atoms with Crippen LogP contribution in [0, 0.1) is 0 Å². The molecule has 19 heavy (non-hydrogen) atoms. The Morgan fingerprint density at radius 1 is 1.42 bits per heavy atom. The van der Waals surface area contributed by atoms with Gasteiger partial charge in [0.05, 0.1) is 32.1 Å². The maximum atomic E-state index is 11.5. The van der Waals surface area contributed by atoms with E-state index in [1.807, 2.05) is 0 Å². The molecule has 0 saturated carbocycles. The summed E-state index contributed by atoms with van der Waals surface area (Å²) in [5, 5.41) is 39.3. The summed E-state index contributed by atoms with van der Waals surface area (Å²) in [5.41, 5.74) is 0. The van der Waals surface area contributed by atoms with Gasteiger partial charge in [0.2, 0.25) is 5.91 Å². The average molecular weight is 273 g/mol. The van der Waals surface area contributed by atoms with E-state index in [0.29, 0.717) is 0 Å². The summed E-state index contributed by atoms with van der Waals surface area (Å²) >= 11 is 0. The highest BCUT2D eigenvalue weighted by atomic mass is 16.4. The molecule has 1 heterocycles.